The van der Waals surface area contributed by atoms with Gasteiger partial charge in [-0.05, 0) is 31.0 Å². The first-order chi connectivity index (χ1) is 11.4. The van der Waals surface area contributed by atoms with Gasteiger partial charge in [0.2, 0.25) is 5.91 Å². The van der Waals surface area contributed by atoms with Crippen molar-refractivity contribution in [1.29, 1.82) is 0 Å². The third-order valence-electron chi connectivity index (χ3n) is 4.38. The first-order valence-electron chi connectivity index (χ1n) is 8.16. The quantitative estimate of drug-likeness (QED) is 0.872. The number of carbonyl (C=O) groups is 1. The number of aliphatic hydroxyl groups excluding tert-OH is 1. The second kappa shape index (κ2) is 6.78. The number of anilines is 1. The number of amides is 1. The second-order valence-corrected chi connectivity index (χ2v) is 6.62. The van der Waals surface area contributed by atoms with Gasteiger partial charge in [-0.2, -0.15) is 4.98 Å². The Morgan fingerprint density at radius 3 is 3.00 bits per heavy atom. The number of carbonyl (C=O) groups excluding carboxylic acids is 1. The topological polar surface area (TPSA) is 81.8 Å². The number of fused-ring (bicyclic) bond motifs is 1. The molecule has 7 heteroatoms. The average molecular weight is 332 g/mol. The Kier molecular flexibility index (Phi) is 4.73. The molecule has 0 bridgehead atoms. The molecule has 1 aliphatic heterocycles. The number of piperidine rings is 1. The zero-order valence-electron chi connectivity index (χ0n) is 14.3. The molecule has 1 aromatic carbocycles. The minimum Gasteiger partial charge on any atom is -0.424 e. The van der Waals surface area contributed by atoms with Gasteiger partial charge < -0.3 is 19.7 Å². The van der Waals surface area contributed by atoms with Gasteiger partial charge in [-0.3, -0.25) is 9.69 Å². The van der Waals surface area contributed by atoms with Gasteiger partial charge in [-0.1, -0.05) is 6.07 Å². The lowest BCUT2D eigenvalue weighted by atomic mass is 10.0. The summed E-state index contributed by atoms with van der Waals surface area (Å²) >= 11 is 0. The standard InChI is InChI=1S/C17H24N4O3/c1-11-4-5-15-13(8-11)19-17(24-15)18-12-6-7-21(9-14(12)22)10-16(23)20(2)3/h4-5,8,12,14,22H,6-7,9-10H2,1-3H3,(H,18,19)/t12-,14-/m1/s1. The molecule has 2 N–H and O–H groups in total. The maximum atomic E-state index is 11.8. The Balaban J connectivity index is 1.61. The third-order valence-corrected chi connectivity index (χ3v) is 4.38. The number of rotatable bonds is 4. The van der Waals surface area contributed by atoms with Crippen molar-refractivity contribution in [1.82, 2.24) is 14.8 Å². The molecule has 130 valence electrons. The van der Waals surface area contributed by atoms with Crippen LogP contribution in [0.5, 0.6) is 0 Å². The molecule has 0 spiro atoms. The van der Waals surface area contributed by atoms with E-state index in [1.807, 2.05) is 30.0 Å². The predicted octanol–water partition coefficient (Wildman–Crippen LogP) is 1.07. The van der Waals surface area contributed by atoms with Crippen molar-refractivity contribution in [2.75, 3.05) is 39.0 Å². The zero-order valence-corrected chi connectivity index (χ0v) is 14.3. The van der Waals surface area contributed by atoms with Crippen LogP contribution in [0.3, 0.4) is 0 Å². The Morgan fingerprint density at radius 2 is 2.29 bits per heavy atom. The lowest BCUT2D eigenvalue weighted by molar-refractivity contribution is -0.130. The van der Waals surface area contributed by atoms with E-state index in [9.17, 15) is 9.90 Å². The molecule has 1 aromatic heterocycles. The van der Waals surface area contributed by atoms with Gasteiger partial charge in [-0.25, -0.2) is 0 Å². The molecule has 0 radical (unpaired) electrons. The van der Waals surface area contributed by atoms with Crippen molar-refractivity contribution in [2.45, 2.75) is 25.5 Å². The Bertz CT molecular complexity index is 728. The Morgan fingerprint density at radius 1 is 1.50 bits per heavy atom. The van der Waals surface area contributed by atoms with Crippen molar-refractivity contribution in [3.05, 3.63) is 23.8 Å². The molecule has 1 amide bonds. The highest BCUT2D eigenvalue weighted by molar-refractivity contribution is 5.77. The smallest absolute Gasteiger partial charge is 0.295 e. The number of nitrogens with one attached hydrogen (secondary N) is 1. The molecule has 7 nitrogen and oxygen atoms in total. The molecular weight excluding hydrogens is 308 g/mol. The number of nitrogens with zero attached hydrogens (tertiary/aromatic N) is 3. The number of hydrogen-bond donors (Lipinski definition) is 2. The monoisotopic (exact) mass is 332 g/mol. The normalized spacial score (nSPS) is 21.8. The summed E-state index contributed by atoms with van der Waals surface area (Å²) in [5.41, 5.74) is 2.66. The van der Waals surface area contributed by atoms with E-state index in [4.69, 9.17) is 4.42 Å². The van der Waals surface area contributed by atoms with E-state index in [0.29, 0.717) is 19.1 Å². The highest BCUT2D eigenvalue weighted by atomic mass is 16.4. The summed E-state index contributed by atoms with van der Waals surface area (Å²) in [5.74, 6) is 0.0444. The number of aryl methyl sites for hydroxylation is 1. The van der Waals surface area contributed by atoms with Crippen molar-refractivity contribution < 1.29 is 14.3 Å². The van der Waals surface area contributed by atoms with Crippen LogP contribution in [0.25, 0.3) is 11.1 Å². The van der Waals surface area contributed by atoms with Crippen LogP contribution in [-0.4, -0.2) is 71.7 Å². The van der Waals surface area contributed by atoms with Crippen molar-refractivity contribution in [3.63, 3.8) is 0 Å². The zero-order chi connectivity index (χ0) is 17.3. The third kappa shape index (κ3) is 3.68. The van der Waals surface area contributed by atoms with E-state index in [2.05, 4.69) is 10.3 Å². The molecule has 0 saturated carbocycles. The fraction of sp³-hybridized carbons (Fsp3) is 0.529. The van der Waals surface area contributed by atoms with Crippen LogP contribution in [0, 0.1) is 6.92 Å². The largest absolute Gasteiger partial charge is 0.424 e. The van der Waals surface area contributed by atoms with Crippen molar-refractivity contribution in [2.24, 2.45) is 0 Å². The van der Waals surface area contributed by atoms with E-state index in [1.165, 1.54) is 0 Å². The van der Waals surface area contributed by atoms with E-state index < -0.39 is 6.10 Å². The van der Waals surface area contributed by atoms with Crippen LogP contribution in [0.15, 0.2) is 22.6 Å². The van der Waals surface area contributed by atoms with Crippen LogP contribution in [0.4, 0.5) is 6.01 Å². The first kappa shape index (κ1) is 16.7. The Labute approximate surface area is 141 Å². The van der Waals surface area contributed by atoms with Gasteiger partial charge >= 0.3 is 0 Å². The summed E-state index contributed by atoms with van der Waals surface area (Å²) in [6, 6.07) is 6.14. The van der Waals surface area contributed by atoms with Crippen molar-refractivity contribution in [3.8, 4) is 0 Å². The van der Waals surface area contributed by atoms with Gasteiger partial charge in [0.15, 0.2) is 5.58 Å². The fourth-order valence-electron chi connectivity index (χ4n) is 2.90. The summed E-state index contributed by atoms with van der Waals surface area (Å²) in [5, 5.41) is 13.6. The molecule has 1 saturated heterocycles. The minimum atomic E-state index is -0.578. The van der Waals surface area contributed by atoms with E-state index >= 15 is 0 Å². The van der Waals surface area contributed by atoms with Crippen molar-refractivity contribution >= 4 is 23.0 Å². The number of hydrogen-bond acceptors (Lipinski definition) is 6. The highest BCUT2D eigenvalue weighted by Crippen LogP contribution is 2.22. The molecule has 2 heterocycles. The first-order valence-corrected chi connectivity index (χ1v) is 8.16. The molecule has 1 aliphatic rings. The van der Waals surface area contributed by atoms with Crippen LogP contribution >= 0.6 is 0 Å². The summed E-state index contributed by atoms with van der Waals surface area (Å²) in [4.78, 5) is 19.7. The lowest BCUT2D eigenvalue weighted by Crippen LogP contribution is -2.52. The summed E-state index contributed by atoms with van der Waals surface area (Å²) in [7, 11) is 3.48. The molecule has 2 aromatic rings. The minimum absolute atomic E-state index is 0.0444. The number of aromatic nitrogens is 1. The average Bonchev–Trinajstić information content (AvgIpc) is 2.91. The van der Waals surface area contributed by atoms with Gasteiger partial charge in [-0.15, -0.1) is 0 Å². The van der Waals surface area contributed by atoms with E-state index in [0.717, 1.165) is 29.6 Å². The summed E-state index contributed by atoms with van der Waals surface area (Å²) in [6.07, 6.45) is 0.144. The molecular formula is C17H24N4O3. The van der Waals surface area contributed by atoms with E-state index in [1.54, 1.807) is 19.0 Å². The number of aliphatic hydroxyl groups is 1. The summed E-state index contributed by atoms with van der Waals surface area (Å²) in [6.45, 7) is 3.54. The molecule has 3 rings (SSSR count). The van der Waals surface area contributed by atoms with E-state index in [-0.39, 0.29) is 11.9 Å². The molecule has 1 fully saturated rings. The number of oxazole rings is 1. The Hall–Kier alpha value is -2.12. The molecule has 2 atom stereocenters. The number of β-amino-alcohol motifs (C(OH)–C–C–N with tert-alkyl or cyclic N) is 1. The maximum absolute atomic E-state index is 11.8. The van der Waals surface area contributed by atoms with Gasteiger partial charge in [0.05, 0.1) is 18.7 Å². The van der Waals surface area contributed by atoms with Gasteiger partial charge in [0.1, 0.15) is 5.52 Å². The number of likely N-dealkylation sites (tertiary alicyclic amines) is 1. The van der Waals surface area contributed by atoms with Crippen LogP contribution in [-0.2, 0) is 4.79 Å². The molecule has 0 unspecified atom stereocenters. The molecule has 0 aliphatic carbocycles. The van der Waals surface area contributed by atoms with Gasteiger partial charge in [0.25, 0.3) is 6.01 Å². The highest BCUT2D eigenvalue weighted by Gasteiger charge is 2.29. The second-order valence-electron chi connectivity index (χ2n) is 6.62. The predicted molar refractivity (Wildman–Crippen MR) is 91.9 cm³/mol. The van der Waals surface area contributed by atoms with Gasteiger partial charge in [0, 0.05) is 27.2 Å². The van der Waals surface area contributed by atoms with Crippen LogP contribution in [0.1, 0.15) is 12.0 Å². The number of likely N-dealkylation sites (N-methyl/N-ethyl adjacent to an activating group) is 1. The SMILES string of the molecule is Cc1ccc2oc(N[C@@H]3CCN(CC(=O)N(C)C)C[C@H]3O)nc2c1. The van der Waals surface area contributed by atoms with Crippen LogP contribution < -0.4 is 5.32 Å². The molecule has 24 heavy (non-hydrogen) atoms. The lowest BCUT2D eigenvalue weighted by Gasteiger charge is -2.35. The fourth-order valence-corrected chi connectivity index (χ4v) is 2.90. The maximum Gasteiger partial charge on any atom is 0.295 e. The van der Waals surface area contributed by atoms with Crippen LogP contribution in [0.2, 0.25) is 0 Å². The summed E-state index contributed by atoms with van der Waals surface area (Å²) < 4.78 is 5.69. The number of benzene rings is 1.